The van der Waals surface area contributed by atoms with Crippen LogP contribution in [0.5, 0.6) is 0 Å². The van der Waals surface area contributed by atoms with Crippen LogP contribution in [0.4, 0.5) is 17.3 Å². The number of nitrogens with one attached hydrogen (secondary N) is 1. The lowest BCUT2D eigenvalue weighted by Gasteiger charge is -2.02. The van der Waals surface area contributed by atoms with Crippen LogP contribution in [0.2, 0.25) is 0 Å². The van der Waals surface area contributed by atoms with Gasteiger partial charge in [0.2, 0.25) is 11.7 Å². The Hall–Kier alpha value is -2.97. The Bertz CT molecular complexity index is 639. The molecule has 9 nitrogen and oxygen atoms in total. The molecule has 0 unspecified atom stereocenters. The van der Waals surface area contributed by atoms with Crippen molar-refractivity contribution in [2.24, 2.45) is 5.73 Å². The summed E-state index contributed by atoms with van der Waals surface area (Å²) in [5.74, 6) is 0.0873. The number of anilines is 2. The van der Waals surface area contributed by atoms with Crippen LogP contribution in [-0.4, -0.2) is 25.6 Å². The molecule has 0 aliphatic rings. The van der Waals surface area contributed by atoms with Crippen molar-refractivity contribution < 1.29 is 9.72 Å². The van der Waals surface area contributed by atoms with E-state index in [0.717, 1.165) is 0 Å². The van der Waals surface area contributed by atoms with Gasteiger partial charge in [0.05, 0.1) is 4.92 Å². The highest BCUT2D eigenvalue weighted by atomic mass is 16.6. The van der Waals surface area contributed by atoms with Crippen molar-refractivity contribution in [3.8, 4) is 0 Å². The molecule has 0 fully saturated rings. The van der Waals surface area contributed by atoms with E-state index in [2.05, 4.69) is 15.4 Å². The van der Waals surface area contributed by atoms with Crippen LogP contribution in [-0.2, 0) is 11.3 Å². The maximum Gasteiger partial charge on any atom is 0.311 e. The minimum atomic E-state index is -0.528. The van der Waals surface area contributed by atoms with Crippen molar-refractivity contribution in [3.05, 3.63) is 40.7 Å². The Kier molecular flexibility index (Phi) is 3.89. The first-order valence-electron chi connectivity index (χ1n) is 5.74. The number of aromatic nitrogens is 3. The van der Waals surface area contributed by atoms with Gasteiger partial charge in [-0.15, -0.1) is 0 Å². The predicted octanol–water partition coefficient (Wildman–Crippen LogP) is 0.805. The Morgan fingerprint density at radius 3 is 3.00 bits per heavy atom. The van der Waals surface area contributed by atoms with Crippen LogP contribution < -0.4 is 11.1 Å². The van der Waals surface area contributed by atoms with E-state index in [1.54, 1.807) is 12.3 Å². The molecule has 20 heavy (non-hydrogen) atoms. The van der Waals surface area contributed by atoms with Crippen molar-refractivity contribution >= 4 is 23.2 Å². The van der Waals surface area contributed by atoms with E-state index in [1.165, 1.54) is 23.0 Å². The monoisotopic (exact) mass is 276 g/mol. The Balaban J connectivity index is 2.11. The van der Waals surface area contributed by atoms with E-state index in [1.807, 2.05) is 0 Å². The SMILES string of the molecule is NC(=O)CCn1ccc(Nc2ncccc2[N+](=O)[O-])n1. The van der Waals surface area contributed by atoms with Gasteiger partial charge in [-0.1, -0.05) is 0 Å². The normalized spacial score (nSPS) is 10.2. The van der Waals surface area contributed by atoms with E-state index in [0.29, 0.717) is 12.4 Å². The standard InChI is InChI=1S/C11H12N6O3/c12-9(18)3-6-16-7-4-10(15-16)14-11-8(17(19)20)2-1-5-13-11/h1-2,4-5,7H,3,6H2,(H2,12,18)(H,13,14,15). The maximum absolute atomic E-state index is 10.8. The van der Waals surface area contributed by atoms with Gasteiger partial charge in [0.25, 0.3) is 0 Å². The van der Waals surface area contributed by atoms with Gasteiger partial charge in [-0.25, -0.2) is 4.98 Å². The molecule has 0 aromatic carbocycles. The average molecular weight is 276 g/mol. The minimum Gasteiger partial charge on any atom is -0.370 e. The summed E-state index contributed by atoms with van der Waals surface area (Å²) in [4.78, 5) is 24.9. The molecule has 104 valence electrons. The number of nitro groups is 1. The number of carbonyl (C=O) groups excluding carboxylic acids is 1. The fraction of sp³-hybridized carbons (Fsp3) is 0.182. The summed E-state index contributed by atoms with van der Waals surface area (Å²) in [6.45, 7) is 0.349. The van der Waals surface area contributed by atoms with Gasteiger partial charge >= 0.3 is 5.69 Å². The van der Waals surface area contributed by atoms with Gasteiger partial charge in [0, 0.05) is 37.5 Å². The summed E-state index contributed by atoms with van der Waals surface area (Å²) in [6, 6.07) is 4.45. The van der Waals surface area contributed by atoms with Crippen LogP contribution in [0.1, 0.15) is 6.42 Å². The lowest BCUT2D eigenvalue weighted by molar-refractivity contribution is -0.384. The molecule has 0 bridgehead atoms. The van der Waals surface area contributed by atoms with Crippen molar-refractivity contribution in [2.45, 2.75) is 13.0 Å². The van der Waals surface area contributed by atoms with Gasteiger partial charge in [0.1, 0.15) is 0 Å². The largest absolute Gasteiger partial charge is 0.370 e. The molecular formula is C11H12N6O3. The summed E-state index contributed by atoms with van der Waals surface area (Å²) in [7, 11) is 0. The zero-order chi connectivity index (χ0) is 14.5. The molecule has 2 aromatic rings. The molecule has 2 rings (SSSR count). The van der Waals surface area contributed by atoms with E-state index in [-0.39, 0.29) is 17.9 Å². The van der Waals surface area contributed by atoms with Crippen LogP contribution in [0.3, 0.4) is 0 Å². The summed E-state index contributed by atoms with van der Waals surface area (Å²) in [5.41, 5.74) is 4.90. The number of amides is 1. The highest BCUT2D eigenvalue weighted by Crippen LogP contribution is 2.23. The van der Waals surface area contributed by atoms with Crippen LogP contribution >= 0.6 is 0 Å². The second kappa shape index (κ2) is 5.78. The molecule has 9 heteroatoms. The number of aryl methyl sites for hydroxylation is 1. The number of hydrogen-bond acceptors (Lipinski definition) is 6. The zero-order valence-electron chi connectivity index (χ0n) is 10.4. The maximum atomic E-state index is 10.8. The lowest BCUT2D eigenvalue weighted by atomic mass is 10.4. The van der Waals surface area contributed by atoms with Crippen molar-refractivity contribution in [3.63, 3.8) is 0 Å². The van der Waals surface area contributed by atoms with E-state index in [4.69, 9.17) is 5.73 Å². The Morgan fingerprint density at radius 2 is 2.30 bits per heavy atom. The highest BCUT2D eigenvalue weighted by Gasteiger charge is 2.14. The third-order valence-electron chi connectivity index (χ3n) is 2.46. The van der Waals surface area contributed by atoms with Gasteiger partial charge in [-0.2, -0.15) is 5.10 Å². The fourth-order valence-corrected chi connectivity index (χ4v) is 1.54. The topological polar surface area (TPSA) is 129 Å². The highest BCUT2D eigenvalue weighted by molar-refractivity contribution is 5.73. The fourth-order valence-electron chi connectivity index (χ4n) is 1.54. The number of nitrogens with zero attached hydrogens (tertiary/aromatic N) is 4. The van der Waals surface area contributed by atoms with Crippen LogP contribution in [0.15, 0.2) is 30.6 Å². The van der Waals surface area contributed by atoms with E-state index in [9.17, 15) is 14.9 Å². The Morgan fingerprint density at radius 1 is 1.50 bits per heavy atom. The number of nitrogens with two attached hydrogens (primary N) is 1. The molecule has 0 saturated heterocycles. The van der Waals surface area contributed by atoms with E-state index >= 15 is 0 Å². The molecule has 0 spiro atoms. The first kappa shape index (κ1) is 13.5. The van der Waals surface area contributed by atoms with Gasteiger partial charge in [-0.3, -0.25) is 19.6 Å². The average Bonchev–Trinajstić information content (AvgIpc) is 2.84. The zero-order valence-corrected chi connectivity index (χ0v) is 10.4. The Labute approximate surface area is 113 Å². The first-order valence-corrected chi connectivity index (χ1v) is 5.74. The van der Waals surface area contributed by atoms with Gasteiger partial charge in [-0.05, 0) is 6.07 Å². The second-order valence-corrected chi connectivity index (χ2v) is 3.93. The third kappa shape index (κ3) is 3.28. The third-order valence-corrected chi connectivity index (χ3v) is 2.46. The van der Waals surface area contributed by atoms with E-state index < -0.39 is 10.8 Å². The van der Waals surface area contributed by atoms with Gasteiger partial charge in [0.15, 0.2) is 5.82 Å². The molecule has 0 saturated carbocycles. The lowest BCUT2D eigenvalue weighted by Crippen LogP contribution is -2.14. The molecule has 0 aliphatic heterocycles. The first-order chi connectivity index (χ1) is 9.56. The predicted molar refractivity (Wildman–Crippen MR) is 70.2 cm³/mol. The summed E-state index contributed by atoms with van der Waals surface area (Å²) in [6.07, 6.45) is 3.25. The molecule has 1 amide bonds. The summed E-state index contributed by atoms with van der Waals surface area (Å²) < 4.78 is 1.52. The number of rotatable bonds is 6. The molecule has 3 N–H and O–H groups in total. The van der Waals surface area contributed by atoms with Crippen molar-refractivity contribution in [1.29, 1.82) is 0 Å². The molecular weight excluding hydrogens is 264 g/mol. The number of hydrogen-bond donors (Lipinski definition) is 2. The minimum absolute atomic E-state index is 0.109. The molecule has 0 radical (unpaired) electrons. The van der Waals surface area contributed by atoms with Gasteiger partial charge < -0.3 is 11.1 Å². The van der Waals surface area contributed by atoms with Crippen LogP contribution in [0.25, 0.3) is 0 Å². The van der Waals surface area contributed by atoms with Crippen molar-refractivity contribution in [1.82, 2.24) is 14.8 Å². The summed E-state index contributed by atoms with van der Waals surface area (Å²) >= 11 is 0. The summed E-state index contributed by atoms with van der Waals surface area (Å²) in [5, 5.41) is 17.7. The number of primary amides is 1. The number of carbonyl (C=O) groups is 1. The molecule has 0 aliphatic carbocycles. The van der Waals surface area contributed by atoms with Crippen molar-refractivity contribution in [2.75, 3.05) is 5.32 Å². The number of pyridine rings is 1. The quantitative estimate of drug-likeness (QED) is 0.593. The molecule has 0 atom stereocenters. The van der Waals surface area contributed by atoms with Crippen LogP contribution in [0, 0.1) is 10.1 Å². The second-order valence-electron chi connectivity index (χ2n) is 3.93. The molecule has 2 aromatic heterocycles. The molecule has 2 heterocycles. The smallest absolute Gasteiger partial charge is 0.311 e.